The minimum atomic E-state index is -0.248. The zero-order valence-corrected chi connectivity index (χ0v) is 10.3. The summed E-state index contributed by atoms with van der Waals surface area (Å²) in [6, 6.07) is 0.291. The summed E-state index contributed by atoms with van der Waals surface area (Å²) in [6.45, 7) is 6.00. The zero-order chi connectivity index (χ0) is 12.1. The first kappa shape index (κ1) is 13.0. The van der Waals surface area contributed by atoms with E-state index < -0.39 is 0 Å². The average Bonchev–Trinajstić information content (AvgIpc) is 2.54. The van der Waals surface area contributed by atoms with Crippen LogP contribution < -0.4 is 5.32 Å². The van der Waals surface area contributed by atoms with Gasteiger partial charge in [-0.2, -0.15) is 0 Å². The lowest BCUT2D eigenvalue weighted by Gasteiger charge is -2.21. The van der Waals surface area contributed by atoms with Gasteiger partial charge in [0.1, 0.15) is 0 Å². The van der Waals surface area contributed by atoms with Crippen molar-refractivity contribution in [3.8, 4) is 0 Å². The Morgan fingerprint density at radius 1 is 1.38 bits per heavy atom. The number of carbonyl (C=O) groups is 2. The van der Waals surface area contributed by atoms with Crippen molar-refractivity contribution in [2.75, 3.05) is 26.7 Å². The summed E-state index contributed by atoms with van der Waals surface area (Å²) in [5, 5.41) is 2.51. The van der Waals surface area contributed by atoms with Crippen LogP contribution in [0, 0.1) is 0 Å². The Bertz CT molecular complexity index is 250. The molecule has 3 amide bonds. The van der Waals surface area contributed by atoms with E-state index in [1.165, 1.54) is 4.90 Å². The molecule has 0 saturated carbocycles. The van der Waals surface area contributed by atoms with E-state index in [2.05, 4.69) is 31.1 Å². The maximum atomic E-state index is 11.3. The molecule has 0 radical (unpaired) electrons. The van der Waals surface area contributed by atoms with Crippen molar-refractivity contribution in [3.05, 3.63) is 0 Å². The third-order valence-corrected chi connectivity index (χ3v) is 2.96. The molecule has 0 aromatic carbocycles. The van der Waals surface area contributed by atoms with Crippen molar-refractivity contribution in [2.24, 2.45) is 0 Å². The molecule has 16 heavy (non-hydrogen) atoms. The Hall–Kier alpha value is -1.10. The zero-order valence-electron chi connectivity index (χ0n) is 10.3. The fraction of sp³-hybridized carbons (Fsp3) is 0.818. The monoisotopic (exact) mass is 227 g/mol. The molecule has 1 rings (SSSR count). The van der Waals surface area contributed by atoms with Crippen molar-refractivity contribution in [1.82, 2.24) is 15.1 Å². The maximum Gasteiger partial charge on any atom is 0.324 e. The molecule has 92 valence electrons. The summed E-state index contributed by atoms with van der Waals surface area (Å²) in [5.41, 5.74) is 0. The van der Waals surface area contributed by atoms with E-state index in [1.54, 1.807) is 0 Å². The van der Waals surface area contributed by atoms with Gasteiger partial charge in [-0.05, 0) is 40.3 Å². The molecule has 1 aliphatic heterocycles. The fourth-order valence-corrected chi connectivity index (χ4v) is 1.57. The molecule has 5 nitrogen and oxygen atoms in total. The number of hydrogen-bond acceptors (Lipinski definition) is 3. The van der Waals surface area contributed by atoms with Crippen LogP contribution in [0.25, 0.3) is 0 Å². The number of hydrogen-bond donors (Lipinski definition) is 1. The van der Waals surface area contributed by atoms with E-state index in [0.29, 0.717) is 12.6 Å². The number of urea groups is 1. The predicted molar refractivity (Wildman–Crippen MR) is 62.1 cm³/mol. The van der Waals surface area contributed by atoms with E-state index in [-0.39, 0.29) is 18.5 Å². The van der Waals surface area contributed by atoms with Gasteiger partial charge >= 0.3 is 6.03 Å². The lowest BCUT2D eigenvalue weighted by atomic mass is 10.2. The molecular formula is C11H21N3O2. The van der Waals surface area contributed by atoms with E-state index >= 15 is 0 Å². The first-order valence-corrected chi connectivity index (χ1v) is 5.81. The van der Waals surface area contributed by atoms with Crippen LogP contribution in [0.15, 0.2) is 0 Å². The van der Waals surface area contributed by atoms with Crippen molar-refractivity contribution >= 4 is 11.9 Å². The lowest BCUT2D eigenvalue weighted by Crippen LogP contribution is -2.33. The second-order valence-electron chi connectivity index (χ2n) is 4.49. The minimum absolute atomic E-state index is 0.109. The second-order valence-corrected chi connectivity index (χ2v) is 4.49. The molecule has 1 saturated heterocycles. The molecule has 0 aliphatic carbocycles. The molecule has 1 N–H and O–H groups in total. The van der Waals surface area contributed by atoms with Crippen molar-refractivity contribution in [1.29, 1.82) is 0 Å². The molecule has 0 bridgehead atoms. The second kappa shape index (κ2) is 5.84. The van der Waals surface area contributed by atoms with Crippen molar-refractivity contribution in [3.63, 3.8) is 0 Å². The number of imide groups is 1. The van der Waals surface area contributed by atoms with Gasteiger partial charge in [0.2, 0.25) is 5.91 Å². The number of nitrogens with one attached hydrogen (secondary N) is 1. The molecular weight excluding hydrogens is 206 g/mol. The molecule has 0 aromatic rings. The van der Waals surface area contributed by atoms with Crippen LogP contribution in [0.1, 0.15) is 26.7 Å². The number of rotatable bonds is 6. The molecule has 5 heteroatoms. The van der Waals surface area contributed by atoms with Gasteiger partial charge in [0.05, 0.1) is 6.54 Å². The Morgan fingerprint density at radius 2 is 2.06 bits per heavy atom. The summed E-state index contributed by atoms with van der Waals surface area (Å²) < 4.78 is 0. The van der Waals surface area contributed by atoms with Gasteiger partial charge in [0.15, 0.2) is 0 Å². The number of amides is 3. The van der Waals surface area contributed by atoms with E-state index in [4.69, 9.17) is 0 Å². The summed E-state index contributed by atoms with van der Waals surface area (Å²) in [4.78, 5) is 26.0. The predicted octanol–water partition coefficient (Wildman–Crippen LogP) is 0.659. The molecule has 0 unspecified atom stereocenters. The largest absolute Gasteiger partial charge is 0.329 e. The Morgan fingerprint density at radius 3 is 2.56 bits per heavy atom. The third kappa shape index (κ3) is 3.48. The standard InChI is InChI=1S/C11H21N3O2/c1-9(2)13(3)6-4-5-7-14-10(15)8-12-11(14)16/h9H,4-8H2,1-3H3,(H,12,16). The third-order valence-electron chi connectivity index (χ3n) is 2.96. The van der Waals surface area contributed by atoms with Crippen LogP contribution in [0.5, 0.6) is 0 Å². The smallest absolute Gasteiger partial charge is 0.324 e. The maximum absolute atomic E-state index is 11.3. The Labute approximate surface area is 96.8 Å². The van der Waals surface area contributed by atoms with Gasteiger partial charge < -0.3 is 10.2 Å². The number of carbonyl (C=O) groups excluding carboxylic acids is 2. The van der Waals surface area contributed by atoms with Gasteiger partial charge in [0, 0.05) is 12.6 Å². The number of unbranched alkanes of at least 4 members (excludes halogenated alkanes) is 1. The Kier molecular flexibility index (Phi) is 4.73. The van der Waals surface area contributed by atoms with Crippen molar-refractivity contribution in [2.45, 2.75) is 32.7 Å². The average molecular weight is 227 g/mol. The van der Waals surface area contributed by atoms with E-state index in [9.17, 15) is 9.59 Å². The SMILES string of the molecule is CC(C)N(C)CCCCN1C(=O)CNC1=O. The van der Waals surface area contributed by atoms with Gasteiger partial charge in [0.25, 0.3) is 0 Å². The van der Waals surface area contributed by atoms with Gasteiger partial charge in [-0.3, -0.25) is 9.69 Å². The van der Waals surface area contributed by atoms with Crippen LogP contribution in [0.4, 0.5) is 4.79 Å². The van der Waals surface area contributed by atoms with Crippen molar-refractivity contribution < 1.29 is 9.59 Å². The van der Waals surface area contributed by atoms with Crippen LogP contribution in [0.2, 0.25) is 0 Å². The summed E-state index contributed by atoms with van der Waals surface area (Å²) in [5.74, 6) is -0.109. The van der Waals surface area contributed by atoms with Crippen LogP contribution in [-0.2, 0) is 4.79 Å². The summed E-state index contributed by atoms with van der Waals surface area (Å²) in [6.07, 6.45) is 1.88. The first-order chi connectivity index (χ1) is 7.52. The highest BCUT2D eigenvalue weighted by molar-refractivity contribution is 6.01. The highest BCUT2D eigenvalue weighted by Gasteiger charge is 2.27. The molecule has 1 fully saturated rings. The molecule has 0 aromatic heterocycles. The van der Waals surface area contributed by atoms with Gasteiger partial charge in [-0.15, -0.1) is 0 Å². The van der Waals surface area contributed by atoms with Gasteiger partial charge in [-0.1, -0.05) is 0 Å². The van der Waals surface area contributed by atoms with Gasteiger partial charge in [-0.25, -0.2) is 4.79 Å². The number of nitrogens with zero attached hydrogens (tertiary/aromatic N) is 2. The summed E-state index contributed by atoms with van der Waals surface area (Å²) in [7, 11) is 2.08. The van der Waals surface area contributed by atoms with Crippen LogP contribution in [0.3, 0.4) is 0 Å². The minimum Gasteiger partial charge on any atom is -0.329 e. The molecule has 0 atom stereocenters. The summed E-state index contributed by atoms with van der Waals surface area (Å²) >= 11 is 0. The van der Waals surface area contributed by atoms with Crippen LogP contribution in [-0.4, -0.2) is 54.5 Å². The molecule has 1 aliphatic rings. The quantitative estimate of drug-likeness (QED) is 0.535. The molecule has 1 heterocycles. The topological polar surface area (TPSA) is 52.6 Å². The normalized spacial score (nSPS) is 16.4. The van der Waals surface area contributed by atoms with E-state index in [0.717, 1.165) is 19.4 Å². The highest BCUT2D eigenvalue weighted by Crippen LogP contribution is 2.03. The van der Waals surface area contributed by atoms with E-state index in [1.807, 2.05) is 0 Å². The van der Waals surface area contributed by atoms with Crippen LogP contribution >= 0.6 is 0 Å². The fourth-order valence-electron chi connectivity index (χ4n) is 1.57. The highest BCUT2D eigenvalue weighted by atomic mass is 16.2. The first-order valence-electron chi connectivity index (χ1n) is 5.81. The lowest BCUT2D eigenvalue weighted by molar-refractivity contribution is -0.125. The molecule has 0 spiro atoms. The Balaban J connectivity index is 2.16.